The Labute approximate surface area is 184 Å². The summed E-state index contributed by atoms with van der Waals surface area (Å²) in [5, 5.41) is 0. The average molecular weight is 423 g/mol. The predicted octanol–water partition coefficient (Wildman–Crippen LogP) is 2.81. The molecule has 164 valence electrons. The number of carbonyl (C=O) groups is 1. The monoisotopic (exact) mass is 422 g/mol. The molecule has 0 atom stereocenters. The van der Waals surface area contributed by atoms with Crippen LogP contribution in [0.15, 0.2) is 60.7 Å². The third-order valence-corrected chi connectivity index (χ3v) is 6.12. The molecule has 31 heavy (non-hydrogen) atoms. The summed E-state index contributed by atoms with van der Waals surface area (Å²) >= 11 is 0. The Morgan fingerprint density at radius 3 is 2.16 bits per heavy atom. The lowest BCUT2D eigenvalue weighted by molar-refractivity contribution is -0.133. The normalized spacial score (nSPS) is 18.6. The first-order valence-electron chi connectivity index (χ1n) is 11.1. The number of rotatable bonds is 6. The minimum absolute atomic E-state index is 0.186. The Kier molecular flexibility index (Phi) is 7.33. The fraction of sp³-hybridized carbons (Fsp3) is 0.400. The van der Waals surface area contributed by atoms with Gasteiger partial charge in [0.1, 0.15) is 5.82 Å². The predicted molar refractivity (Wildman–Crippen MR) is 124 cm³/mol. The molecule has 0 aliphatic carbocycles. The Bertz CT molecular complexity index is 872. The van der Waals surface area contributed by atoms with E-state index in [-0.39, 0.29) is 11.7 Å². The number of nitrogens with zero attached hydrogens (tertiary/aromatic N) is 4. The van der Waals surface area contributed by atoms with Crippen LogP contribution in [0.4, 0.5) is 10.1 Å². The molecule has 2 aromatic carbocycles. The first-order chi connectivity index (χ1) is 15.2. The van der Waals surface area contributed by atoms with Gasteiger partial charge in [0.15, 0.2) is 0 Å². The number of halogens is 1. The molecule has 0 radical (unpaired) electrons. The summed E-state index contributed by atoms with van der Waals surface area (Å²) < 4.78 is 14.0. The van der Waals surface area contributed by atoms with Crippen molar-refractivity contribution in [2.75, 3.05) is 70.3 Å². The van der Waals surface area contributed by atoms with Crippen molar-refractivity contribution in [3.05, 3.63) is 72.1 Å². The van der Waals surface area contributed by atoms with Gasteiger partial charge in [-0.3, -0.25) is 14.6 Å². The second-order valence-electron chi connectivity index (χ2n) is 8.21. The number of piperazine rings is 2. The van der Waals surface area contributed by atoms with E-state index in [0.717, 1.165) is 32.7 Å². The Balaban J connectivity index is 1.17. The van der Waals surface area contributed by atoms with E-state index in [2.05, 4.69) is 46.2 Å². The van der Waals surface area contributed by atoms with Crippen molar-refractivity contribution in [1.29, 1.82) is 0 Å². The molecule has 0 unspecified atom stereocenters. The molecule has 2 fully saturated rings. The van der Waals surface area contributed by atoms with E-state index in [9.17, 15) is 9.18 Å². The summed E-state index contributed by atoms with van der Waals surface area (Å²) in [5.74, 6) is -0.00984. The summed E-state index contributed by atoms with van der Waals surface area (Å²) in [6.07, 6.45) is 4.38. The maximum Gasteiger partial charge on any atom is 0.236 e. The van der Waals surface area contributed by atoms with Gasteiger partial charge in [-0.2, -0.15) is 0 Å². The van der Waals surface area contributed by atoms with E-state index in [1.807, 2.05) is 21.9 Å². The minimum Gasteiger partial charge on any atom is -0.366 e. The second kappa shape index (κ2) is 10.6. The van der Waals surface area contributed by atoms with Crippen molar-refractivity contribution < 1.29 is 9.18 Å². The van der Waals surface area contributed by atoms with Gasteiger partial charge in [-0.05, 0) is 17.7 Å². The third kappa shape index (κ3) is 5.93. The van der Waals surface area contributed by atoms with Crippen LogP contribution in [-0.4, -0.2) is 86.1 Å². The van der Waals surface area contributed by atoms with E-state index < -0.39 is 0 Å². The zero-order valence-corrected chi connectivity index (χ0v) is 18.0. The van der Waals surface area contributed by atoms with Crippen molar-refractivity contribution in [2.45, 2.75) is 0 Å². The molecule has 0 N–H and O–H groups in total. The fourth-order valence-electron chi connectivity index (χ4n) is 4.23. The standard InChI is InChI=1S/C25H31FN4O/c26-23-10-4-5-11-24(23)29-17-19-30(20-18-29)25(31)21-28-15-13-27(14-16-28)12-6-9-22-7-2-1-3-8-22/h1-11H,12-21H2. The maximum atomic E-state index is 14.0. The molecule has 0 aromatic heterocycles. The quantitative estimate of drug-likeness (QED) is 0.716. The van der Waals surface area contributed by atoms with E-state index in [1.165, 1.54) is 11.6 Å². The molecule has 6 heteroatoms. The van der Waals surface area contributed by atoms with Gasteiger partial charge in [-0.15, -0.1) is 0 Å². The van der Waals surface area contributed by atoms with Crippen LogP contribution in [0.5, 0.6) is 0 Å². The van der Waals surface area contributed by atoms with Crippen molar-refractivity contribution in [3.63, 3.8) is 0 Å². The van der Waals surface area contributed by atoms with E-state index >= 15 is 0 Å². The highest BCUT2D eigenvalue weighted by Crippen LogP contribution is 2.20. The van der Waals surface area contributed by atoms with Gasteiger partial charge in [-0.1, -0.05) is 54.6 Å². The van der Waals surface area contributed by atoms with Gasteiger partial charge in [0.05, 0.1) is 12.2 Å². The number of carbonyl (C=O) groups excluding carboxylic acids is 1. The van der Waals surface area contributed by atoms with Gasteiger partial charge < -0.3 is 9.80 Å². The van der Waals surface area contributed by atoms with Crippen molar-refractivity contribution in [3.8, 4) is 0 Å². The van der Waals surface area contributed by atoms with Crippen molar-refractivity contribution in [1.82, 2.24) is 14.7 Å². The van der Waals surface area contributed by atoms with Crippen LogP contribution in [0, 0.1) is 5.82 Å². The lowest BCUT2D eigenvalue weighted by Crippen LogP contribution is -2.54. The largest absolute Gasteiger partial charge is 0.366 e. The summed E-state index contributed by atoms with van der Waals surface area (Å²) in [4.78, 5) is 21.4. The Morgan fingerprint density at radius 2 is 1.45 bits per heavy atom. The molecule has 4 rings (SSSR count). The molecule has 2 aromatic rings. The SMILES string of the molecule is O=C(CN1CCN(CC=Cc2ccccc2)CC1)N1CCN(c2ccccc2F)CC1. The van der Waals surface area contributed by atoms with Gasteiger partial charge in [0, 0.05) is 58.9 Å². The molecule has 2 aliphatic heterocycles. The molecule has 2 aliphatic rings. The van der Waals surface area contributed by atoms with Gasteiger partial charge in [0.25, 0.3) is 0 Å². The van der Waals surface area contributed by atoms with E-state index in [4.69, 9.17) is 0 Å². The van der Waals surface area contributed by atoms with Crippen LogP contribution >= 0.6 is 0 Å². The van der Waals surface area contributed by atoms with E-state index in [1.54, 1.807) is 12.1 Å². The molecule has 2 heterocycles. The van der Waals surface area contributed by atoms with Crippen LogP contribution in [0.2, 0.25) is 0 Å². The van der Waals surface area contributed by atoms with Gasteiger partial charge in [-0.25, -0.2) is 4.39 Å². The van der Waals surface area contributed by atoms with Gasteiger partial charge in [0.2, 0.25) is 5.91 Å². The molecule has 0 bridgehead atoms. The zero-order valence-electron chi connectivity index (χ0n) is 18.0. The highest BCUT2D eigenvalue weighted by Gasteiger charge is 2.25. The molecular formula is C25H31FN4O. The van der Waals surface area contributed by atoms with Crippen LogP contribution in [0.25, 0.3) is 6.08 Å². The highest BCUT2D eigenvalue weighted by molar-refractivity contribution is 5.78. The molecule has 2 saturated heterocycles. The molecule has 5 nitrogen and oxygen atoms in total. The van der Waals surface area contributed by atoms with Crippen LogP contribution < -0.4 is 4.90 Å². The smallest absolute Gasteiger partial charge is 0.236 e. The molecule has 0 saturated carbocycles. The molecule has 1 amide bonds. The number of hydrogen-bond acceptors (Lipinski definition) is 4. The molecule has 0 spiro atoms. The number of amides is 1. The highest BCUT2D eigenvalue weighted by atomic mass is 19.1. The topological polar surface area (TPSA) is 30.0 Å². The number of hydrogen-bond donors (Lipinski definition) is 0. The lowest BCUT2D eigenvalue weighted by Gasteiger charge is -2.38. The summed E-state index contributed by atoms with van der Waals surface area (Å²) in [6, 6.07) is 17.2. The summed E-state index contributed by atoms with van der Waals surface area (Å²) in [5.41, 5.74) is 1.86. The second-order valence-corrected chi connectivity index (χ2v) is 8.21. The lowest BCUT2D eigenvalue weighted by atomic mass is 10.2. The Morgan fingerprint density at radius 1 is 0.806 bits per heavy atom. The van der Waals surface area contributed by atoms with Crippen molar-refractivity contribution >= 4 is 17.7 Å². The van der Waals surface area contributed by atoms with Crippen LogP contribution in [-0.2, 0) is 4.79 Å². The fourth-order valence-corrected chi connectivity index (χ4v) is 4.23. The van der Waals surface area contributed by atoms with Crippen LogP contribution in [0.3, 0.4) is 0 Å². The Hall–Kier alpha value is -2.70. The van der Waals surface area contributed by atoms with E-state index in [0.29, 0.717) is 38.4 Å². The van der Waals surface area contributed by atoms with Crippen LogP contribution in [0.1, 0.15) is 5.56 Å². The third-order valence-electron chi connectivity index (χ3n) is 6.12. The maximum absolute atomic E-state index is 14.0. The minimum atomic E-state index is -0.196. The first-order valence-corrected chi connectivity index (χ1v) is 11.1. The first kappa shape index (κ1) is 21.5. The number of anilines is 1. The van der Waals surface area contributed by atoms with Crippen molar-refractivity contribution in [2.24, 2.45) is 0 Å². The van der Waals surface area contributed by atoms with Gasteiger partial charge >= 0.3 is 0 Å². The number of para-hydroxylation sites is 1. The molecular weight excluding hydrogens is 391 g/mol. The number of benzene rings is 2. The zero-order chi connectivity index (χ0) is 21.5. The summed E-state index contributed by atoms with van der Waals surface area (Å²) in [7, 11) is 0. The average Bonchev–Trinajstić information content (AvgIpc) is 2.81. The summed E-state index contributed by atoms with van der Waals surface area (Å²) in [6.45, 7) is 7.86.